The lowest BCUT2D eigenvalue weighted by Crippen LogP contribution is -2.60. The summed E-state index contributed by atoms with van der Waals surface area (Å²) in [6, 6.07) is 0. The Labute approximate surface area is 127 Å². The molecule has 0 unspecified atom stereocenters. The van der Waals surface area contributed by atoms with Crippen LogP contribution >= 0.6 is 12.4 Å². The average molecular weight is 306 g/mol. The summed E-state index contributed by atoms with van der Waals surface area (Å²) in [5.74, 6) is -0.138. The first-order valence-electron chi connectivity index (χ1n) is 7.44. The fraction of sp³-hybridized carbons (Fsp3) is 0.857. The van der Waals surface area contributed by atoms with Crippen LogP contribution < -0.4 is 16.4 Å². The molecule has 1 fully saturated rings. The van der Waals surface area contributed by atoms with Crippen molar-refractivity contribution in [3.8, 4) is 0 Å². The quantitative estimate of drug-likeness (QED) is 0.623. The number of nitrogens with one attached hydrogen (secondary N) is 2. The number of amides is 2. The highest BCUT2D eigenvalue weighted by Gasteiger charge is 2.40. The number of hydrogen-bond acceptors (Lipinski definition) is 3. The van der Waals surface area contributed by atoms with E-state index in [0.717, 1.165) is 44.9 Å². The molecule has 1 rings (SSSR count). The molecule has 1 aliphatic rings. The molecule has 5 nitrogen and oxygen atoms in total. The van der Waals surface area contributed by atoms with E-state index in [-0.39, 0.29) is 30.6 Å². The van der Waals surface area contributed by atoms with E-state index in [1.807, 2.05) is 0 Å². The van der Waals surface area contributed by atoms with E-state index in [1.54, 1.807) is 0 Å². The molecule has 1 aliphatic carbocycles. The molecule has 0 saturated heterocycles. The topological polar surface area (TPSA) is 84.2 Å². The average Bonchev–Trinajstić information content (AvgIpc) is 2.40. The normalized spacial score (nSPS) is 16.9. The Balaban J connectivity index is 0.00000361. The molecule has 0 spiro atoms. The summed E-state index contributed by atoms with van der Waals surface area (Å²) < 4.78 is 0. The summed E-state index contributed by atoms with van der Waals surface area (Å²) in [5, 5.41) is 5.89. The minimum Gasteiger partial charge on any atom is -0.354 e. The monoisotopic (exact) mass is 305 g/mol. The fourth-order valence-corrected chi connectivity index (χ4v) is 2.57. The van der Waals surface area contributed by atoms with Crippen LogP contribution in [0, 0.1) is 0 Å². The molecule has 0 heterocycles. The lowest BCUT2D eigenvalue weighted by atomic mass is 9.80. The Morgan fingerprint density at radius 3 is 2.40 bits per heavy atom. The highest BCUT2D eigenvalue weighted by atomic mass is 35.5. The maximum atomic E-state index is 12.4. The van der Waals surface area contributed by atoms with Crippen LogP contribution in [-0.2, 0) is 9.59 Å². The molecule has 0 atom stereocenters. The Kier molecular flexibility index (Phi) is 9.59. The Morgan fingerprint density at radius 1 is 1.20 bits per heavy atom. The SMILES string of the molecule is CCCCNC(=O)C1(NC(=O)CCN)CCCCC1.Cl. The molecule has 0 aromatic heterocycles. The van der Waals surface area contributed by atoms with Crippen molar-refractivity contribution in [3.63, 3.8) is 0 Å². The van der Waals surface area contributed by atoms with Crippen molar-refractivity contribution < 1.29 is 9.59 Å². The number of rotatable bonds is 7. The highest BCUT2D eigenvalue weighted by Crippen LogP contribution is 2.28. The van der Waals surface area contributed by atoms with Crippen LogP contribution in [0.4, 0.5) is 0 Å². The number of hydrogen-bond donors (Lipinski definition) is 3. The van der Waals surface area contributed by atoms with Crippen molar-refractivity contribution in [1.29, 1.82) is 0 Å². The fourth-order valence-electron chi connectivity index (χ4n) is 2.57. The predicted octanol–water partition coefficient (Wildman–Crippen LogP) is 1.49. The summed E-state index contributed by atoms with van der Waals surface area (Å²) >= 11 is 0. The van der Waals surface area contributed by atoms with Gasteiger partial charge in [-0.05, 0) is 19.3 Å². The minimum atomic E-state index is -0.696. The summed E-state index contributed by atoms with van der Waals surface area (Å²) in [5.41, 5.74) is 4.69. The lowest BCUT2D eigenvalue weighted by Gasteiger charge is -2.36. The molecule has 118 valence electrons. The van der Waals surface area contributed by atoms with Crippen molar-refractivity contribution in [2.75, 3.05) is 13.1 Å². The Morgan fingerprint density at radius 2 is 1.85 bits per heavy atom. The van der Waals surface area contributed by atoms with Gasteiger partial charge >= 0.3 is 0 Å². The van der Waals surface area contributed by atoms with Crippen molar-refractivity contribution in [1.82, 2.24) is 10.6 Å². The highest BCUT2D eigenvalue weighted by molar-refractivity contribution is 5.91. The second-order valence-electron chi connectivity index (χ2n) is 5.34. The molecule has 1 saturated carbocycles. The van der Waals surface area contributed by atoms with Crippen LogP contribution in [-0.4, -0.2) is 30.4 Å². The smallest absolute Gasteiger partial charge is 0.245 e. The Hall–Kier alpha value is -0.810. The summed E-state index contributed by atoms with van der Waals surface area (Å²) in [4.78, 5) is 24.2. The third-order valence-corrected chi connectivity index (χ3v) is 3.71. The number of halogens is 1. The van der Waals surface area contributed by atoms with Crippen molar-refractivity contribution in [2.24, 2.45) is 5.73 Å². The van der Waals surface area contributed by atoms with Gasteiger partial charge in [0.1, 0.15) is 5.54 Å². The second kappa shape index (κ2) is 10.00. The van der Waals surface area contributed by atoms with Crippen LogP contribution in [0.1, 0.15) is 58.3 Å². The van der Waals surface area contributed by atoms with E-state index in [9.17, 15) is 9.59 Å². The van der Waals surface area contributed by atoms with Crippen LogP contribution in [0.5, 0.6) is 0 Å². The molecule has 0 bridgehead atoms. The van der Waals surface area contributed by atoms with Gasteiger partial charge in [-0.1, -0.05) is 32.6 Å². The van der Waals surface area contributed by atoms with E-state index in [4.69, 9.17) is 5.73 Å². The number of carbonyl (C=O) groups is 2. The van der Waals surface area contributed by atoms with E-state index in [0.29, 0.717) is 13.1 Å². The van der Waals surface area contributed by atoms with Gasteiger partial charge in [0.2, 0.25) is 11.8 Å². The summed E-state index contributed by atoms with van der Waals surface area (Å²) in [6.45, 7) is 3.09. The van der Waals surface area contributed by atoms with Crippen molar-refractivity contribution in [2.45, 2.75) is 63.8 Å². The summed E-state index contributed by atoms with van der Waals surface area (Å²) in [7, 11) is 0. The molecule has 0 radical (unpaired) electrons. The van der Waals surface area contributed by atoms with Gasteiger partial charge < -0.3 is 16.4 Å². The van der Waals surface area contributed by atoms with Gasteiger partial charge in [0.25, 0.3) is 0 Å². The predicted molar refractivity (Wildman–Crippen MR) is 82.8 cm³/mol. The molecule has 20 heavy (non-hydrogen) atoms. The van der Waals surface area contributed by atoms with Gasteiger partial charge in [0, 0.05) is 19.5 Å². The first-order valence-corrected chi connectivity index (χ1v) is 7.44. The second-order valence-corrected chi connectivity index (χ2v) is 5.34. The lowest BCUT2D eigenvalue weighted by molar-refractivity contribution is -0.135. The van der Waals surface area contributed by atoms with E-state index < -0.39 is 5.54 Å². The van der Waals surface area contributed by atoms with Crippen LogP contribution in [0.25, 0.3) is 0 Å². The molecular weight excluding hydrogens is 278 g/mol. The molecule has 6 heteroatoms. The number of nitrogens with two attached hydrogens (primary N) is 1. The summed E-state index contributed by atoms with van der Waals surface area (Å²) in [6.07, 6.45) is 6.89. The molecule has 0 aromatic carbocycles. The van der Waals surface area contributed by atoms with Gasteiger partial charge in [-0.15, -0.1) is 12.4 Å². The number of unbranched alkanes of at least 4 members (excludes halogenated alkanes) is 1. The molecule has 2 amide bonds. The van der Waals surface area contributed by atoms with Gasteiger partial charge in [0.15, 0.2) is 0 Å². The first kappa shape index (κ1) is 19.2. The van der Waals surface area contributed by atoms with E-state index in [1.165, 1.54) is 0 Å². The van der Waals surface area contributed by atoms with Gasteiger partial charge in [-0.25, -0.2) is 0 Å². The zero-order valence-corrected chi connectivity index (χ0v) is 13.2. The third-order valence-electron chi connectivity index (χ3n) is 3.71. The largest absolute Gasteiger partial charge is 0.354 e. The minimum absolute atomic E-state index is 0. The van der Waals surface area contributed by atoms with Crippen LogP contribution in [0.3, 0.4) is 0 Å². The maximum Gasteiger partial charge on any atom is 0.245 e. The standard InChI is InChI=1S/C14H27N3O2.ClH/c1-2-3-11-16-13(19)14(8-5-4-6-9-14)17-12(18)7-10-15;/h2-11,15H2,1H3,(H,16,19)(H,17,18);1H. The zero-order valence-electron chi connectivity index (χ0n) is 12.4. The number of carbonyl (C=O) groups excluding carboxylic acids is 2. The zero-order chi connectivity index (χ0) is 14.1. The van der Waals surface area contributed by atoms with E-state index in [2.05, 4.69) is 17.6 Å². The molecule has 0 aromatic rings. The van der Waals surface area contributed by atoms with Crippen LogP contribution in [0.2, 0.25) is 0 Å². The maximum absolute atomic E-state index is 12.4. The molecule has 0 aliphatic heterocycles. The van der Waals surface area contributed by atoms with Crippen molar-refractivity contribution >= 4 is 24.2 Å². The molecule has 4 N–H and O–H groups in total. The third kappa shape index (κ3) is 5.67. The van der Waals surface area contributed by atoms with Gasteiger partial charge in [0.05, 0.1) is 0 Å². The first-order chi connectivity index (χ1) is 9.14. The van der Waals surface area contributed by atoms with Crippen LogP contribution in [0.15, 0.2) is 0 Å². The van der Waals surface area contributed by atoms with Crippen molar-refractivity contribution in [3.05, 3.63) is 0 Å². The van der Waals surface area contributed by atoms with Gasteiger partial charge in [-0.3, -0.25) is 9.59 Å². The van der Waals surface area contributed by atoms with E-state index >= 15 is 0 Å². The molecular formula is C14H28ClN3O2. The Bertz CT molecular complexity index is 305. The van der Waals surface area contributed by atoms with Gasteiger partial charge in [-0.2, -0.15) is 0 Å².